The molecule has 0 heterocycles. The highest BCUT2D eigenvalue weighted by atomic mass is 32.2. The van der Waals surface area contributed by atoms with Crippen LogP contribution in [0.4, 0.5) is 5.69 Å². The molecule has 0 aliphatic carbocycles. The molecule has 3 N–H and O–H groups in total. The van der Waals surface area contributed by atoms with Gasteiger partial charge < -0.3 is 5.11 Å². The predicted molar refractivity (Wildman–Crippen MR) is 64.4 cm³/mol. The van der Waals surface area contributed by atoms with E-state index in [9.17, 15) is 13.2 Å². The third-order valence-electron chi connectivity index (χ3n) is 2.05. The molecule has 0 amide bonds. The maximum absolute atomic E-state index is 11.4. The second kappa shape index (κ2) is 5.15. The van der Waals surface area contributed by atoms with Gasteiger partial charge in [0.05, 0.1) is 11.3 Å². The minimum atomic E-state index is -3.63. The van der Waals surface area contributed by atoms with Crippen LogP contribution < -0.4 is 9.44 Å². The Balaban J connectivity index is 3.02. The summed E-state index contributed by atoms with van der Waals surface area (Å²) in [5.74, 6) is -1.09. The summed E-state index contributed by atoms with van der Waals surface area (Å²) in [6, 6.07) is 4.34. The number of anilines is 1. The summed E-state index contributed by atoms with van der Waals surface area (Å²) in [6.45, 7) is 3.55. The highest BCUT2D eigenvalue weighted by molar-refractivity contribution is 7.90. The molecular weight excluding hydrogens is 244 g/mol. The van der Waals surface area contributed by atoms with Crippen molar-refractivity contribution in [2.45, 2.75) is 13.8 Å². The molecule has 1 aromatic carbocycles. The van der Waals surface area contributed by atoms with Crippen LogP contribution in [0.3, 0.4) is 0 Å². The van der Waals surface area contributed by atoms with Crippen molar-refractivity contribution in [2.24, 2.45) is 0 Å². The van der Waals surface area contributed by atoms with Crippen molar-refractivity contribution < 1.29 is 18.3 Å². The van der Waals surface area contributed by atoms with Gasteiger partial charge in [-0.3, -0.25) is 4.72 Å². The Bertz CT molecular complexity index is 525. The summed E-state index contributed by atoms with van der Waals surface area (Å²) in [6.07, 6.45) is 0. The number of aryl methyl sites for hydroxylation is 1. The number of hydrogen-bond acceptors (Lipinski definition) is 3. The van der Waals surface area contributed by atoms with E-state index in [1.54, 1.807) is 19.9 Å². The number of aromatic carboxylic acids is 1. The lowest BCUT2D eigenvalue weighted by Gasteiger charge is -2.09. The normalized spacial score (nSPS) is 11.2. The third-order valence-corrected chi connectivity index (χ3v) is 3.23. The summed E-state index contributed by atoms with van der Waals surface area (Å²) in [5.41, 5.74) is 0.861. The molecule has 0 aliphatic rings. The third kappa shape index (κ3) is 3.72. The van der Waals surface area contributed by atoms with Gasteiger partial charge in [-0.05, 0) is 24.6 Å². The molecule has 0 saturated carbocycles. The summed E-state index contributed by atoms with van der Waals surface area (Å²) in [7, 11) is -3.63. The van der Waals surface area contributed by atoms with Crippen molar-refractivity contribution in [2.75, 3.05) is 11.3 Å². The van der Waals surface area contributed by atoms with Crippen LogP contribution in [0.15, 0.2) is 18.2 Å². The number of carbonyl (C=O) groups is 1. The first-order valence-corrected chi connectivity index (χ1v) is 6.45. The lowest BCUT2D eigenvalue weighted by atomic mass is 10.1. The number of carboxylic acid groups (broad SMARTS) is 1. The predicted octanol–water partition coefficient (Wildman–Crippen LogP) is 0.959. The van der Waals surface area contributed by atoms with Gasteiger partial charge in [-0.25, -0.2) is 4.79 Å². The SMILES string of the molecule is CCNS(=O)(=O)Nc1ccc(C)c(C(=O)O)c1. The molecule has 0 aromatic heterocycles. The molecular formula is C10H14N2O4S. The molecule has 0 fully saturated rings. The van der Waals surface area contributed by atoms with E-state index >= 15 is 0 Å². The largest absolute Gasteiger partial charge is 0.478 e. The maximum atomic E-state index is 11.4. The Hall–Kier alpha value is -1.60. The molecule has 0 aliphatic heterocycles. The number of hydrogen-bond donors (Lipinski definition) is 3. The van der Waals surface area contributed by atoms with E-state index in [-0.39, 0.29) is 17.8 Å². The van der Waals surface area contributed by atoms with Gasteiger partial charge in [-0.15, -0.1) is 0 Å². The molecule has 6 nitrogen and oxygen atoms in total. The first-order chi connectivity index (χ1) is 7.85. The zero-order valence-corrected chi connectivity index (χ0v) is 10.3. The van der Waals surface area contributed by atoms with Crippen LogP contribution in [0, 0.1) is 6.92 Å². The van der Waals surface area contributed by atoms with Crippen molar-refractivity contribution in [1.29, 1.82) is 0 Å². The van der Waals surface area contributed by atoms with Gasteiger partial charge in [-0.2, -0.15) is 13.1 Å². The first kappa shape index (κ1) is 13.5. The van der Waals surface area contributed by atoms with E-state index in [1.807, 2.05) is 0 Å². The summed E-state index contributed by atoms with van der Waals surface area (Å²) < 4.78 is 27.3. The van der Waals surface area contributed by atoms with E-state index in [1.165, 1.54) is 12.1 Å². The van der Waals surface area contributed by atoms with Gasteiger partial charge in [0.2, 0.25) is 0 Å². The molecule has 0 atom stereocenters. The Kier molecular flexibility index (Phi) is 4.08. The topological polar surface area (TPSA) is 95.5 Å². The molecule has 0 unspecified atom stereocenters. The summed E-state index contributed by atoms with van der Waals surface area (Å²) in [5, 5.41) is 8.90. The molecule has 0 radical (unpaired) electrons. The van der Waals surface area contributed by atoms with Gasteiger partial charge >= 0.3 is 5.97 Å². The molecule has 0 saturated heterocycles. The van der Waals surface area contributed by atoms with Crippen molar-refractivity contribution in [1.82, 2.24) is 4.72 Å². The lowest BCUT2D eigenvalue weighted by molar-refractivity contribution is 0.0696. The molecule has 94 valence electrons. The van der Waals surface area contributed by atoms with Gasteiger partial charge in [-0.1, -0.05) is 13.0 Å². The van der Waals surface area contributed by atoms with Crippen LogP contribution in [-0.4, -0.2) is 26.0 Å². The minimum absolute atomic E-state index is 0.0710. The van der Waals surface area contributed by atoms with Gasteiger partial charge in [0, 0.05) is 6.54 Å². The van der Waals surface area contributed by atoms with Crippen molar-refractivity contribution in [3.8, 4) is 0 Å². The zero-order valence-electron chi connectivity index (χ0n) is 9.52. The second-order valence-electron chi connectivity index (χ2n) is 3.44. The standard InChI is InChI=1S/C10H14N2O4S/c1-3-11-17(15,16)12-8-5-4-7(2)9(6-8)10(13)14/h4-6,11-12H,3H2,1-2H3,(H,13,14). The molecule has 1 aromatic rings. The van der Waals surface area contributed by atoms with E-state index in [2.05, 4.69) is 9.44 Å². The average molecular weight is 258 g/mol. The number of benzene rings is 1. The maximum Gasteiger partial charge on any atom is 0.336 e. The van der Waals surface area contributed by atoms with E-state index in [0.29, 0.717) is 5.56 Å². The molecule has 7 heteroatoms. The smallest absolute Gasteiger partial charge is 0.336 e. The van der Waals surface area contributed by atoms with Crippen LogP contribution in [0.1, 0.15) is 22.8 Å². The molecule has 17 heavy (non-hydrogen) atoms. The second-order valence-corrected chi connectivity index (χ2v) is 4.94. The fourth-order valence-corrected chi connectivity index (χ4v) is 2.19. The molecule has 1 rings (SSSR count). The van der Waals surface area contributed by atoms with Crippen LogP contribution in [0.25, 0.3) is 0 Å². The van der Waals surface area contributed by atoms with E-state index in [4.69, 9.17) is 5.11 Å². The van der Waals surface area contributed by atoms with Gasteiger partial charge in [0.15, 0.2) is 0 Å². The summed E-state index contributed by atoms with van der Waals surface area (Å²) in [4.78, 5) is 10.9. The van der Waals surface area contributed by atoms with Crippen LogP contribution >= 0.6 is 0 Å². The van der Waals surface area contributed by atoms with Crippen LogP contribution in [0.2, 0.25) is 0 Å². The van der Waals surface area contributed by atoms with Gasteiger partial charge in [0.1, 0.15) is 0 Å². The van der Waals surface area contributed by atoms with Crippen LogP contribution in [-0.2, 0) is 10.2 Å². The zero-order chi connectivity index (χ0) is 13.1. The lowest BCUT2D eigenvalue weighted by Crippen LogP contribution is -2.29. The van der Waals surface area contributed by atoms with Crippen molar-refractivity contribution in [3.63, 3.8) is 0 Å². The highest BCUT2D eigenvalue weighted by Gasteiger charge is 2.11. The Labute approximate surface area is 99.8 Å². The Morgan fingerprint density at radius 1 is 1.41 bits per heavy atom. The monoisotopic (exact) mass is 258 g/mol. The summed E-state index contributed by atoms with van der Waals surface area (Å²) >= 11 is 0. The number of nitrogens with one attached hydrogen (secondary N) is 2. The molecule has 0 bridgehead atoms. The van der Waals surface area contributed by atoms with Gasteiger partial charge in [0.25, 0.3) is 10.2 Å². The Morgan fingerprint density at radius 3 is 2.59 bits per heavy atom. The van der Waals surface area contributed by atoms with E-state index in [0.717, 1.165) is 0 Å². The first-order valence-electron chi connectivity index (χ1n) is 4.97. The fourth-order valence-electron chi connectivity index (χ4n) is 1.30. The number of carboxylic acids is 1. The van der Waals surface area contributed by atoms with Crippen LogP contribution in [0.5, 0.6) is 0 Å². The fraction of sp³-hybridized carbons (Fsp3) is 0.300. The quantitative estimate of drug-likeness (QED) is 0.733. The van der Waals surface area contributed by atoms with E-state index < -0.39 is 16.2 Å². The number of rotatable bonds is 5. The highest BCUT2D eigenvalue weighted by Crippen LogP contribution is 2.16. The molecule has 0 spiro atoms. The minimum Gasteiger partial charge on any atom is -0.478 e. The van der Waals surface area contributed by atoms with Crippen molar-refractivity contribution >= 4 is 21.9 Å². The Morgan fingerprint density at radius 2 is 2.06 bits per heavy atom. The van der Waals surface area contributed by atoms with Crippen molar-refractivity contribution in [3.05, 3.63) is 29.3 Å². The average Bonchev–Trinajstić information content (AvgIpc) is 2.20.